The summed E-state index contributed by atoms with van der Waals surface area (Å²) in [5.41, 5.74) is 26.8. The van der Waals surface area contributed by atoms with Crippen LogP contribution in [0.2, 0.25) is 0 Å². The lowest BCUT2D eigenvalue weighted by molar-refractivity contribution is -0.117. The van der Waals surface area contributed by atoms with Crippen molar-refractivity contribution in [2.75, 3.05) is 94.0 Å². The second-order valence-electron chi connectivity index (χ2n) is 51.8. The Morgan fingerprint density at radius 1 is 0.277 bits per heavy atom. The number of ether oxygens (including phenoxy) is 3. The van der Waals surface area contributed by atoms with Gasteiger partial charge in [0.15, 0.2) is 0 Å². The lowest BCUT2D eigenvalue weighted by Crippen LogP contribution is -2.50. The Balaban J connectivity index is 0.000000167. The number of carbonyl (C=O) groups is 6. The third-order valence-corrected chi connectivity index (χ3v) is 28.7. The van der Waals surface area contributed by atoms with Crippen molar-refractivity contribution in [1.29, 1.82) is 0 Å². The Kier molecular flexibility index (Phi) is 32.6. The summed E-state index contributed by atoms with van der Waals surface area (Å²) in [6, 6.07) is 46.7. The van der Waals surface area contributed by atoms with Gasteiger partial charge in [-0.3, -0.25) is 24.2 Å². The molecule has 2 fully saturated rings. The standard InChI is InChI=1S/C24H36N2O3.C20H31NO2.C18H27NO2.C16H21NO.C15H23N.C14H19NO.C13H19N/c1-17(27)26-15-12-24(19-9-8-18(16-20(19)26)22(2,3)4)10-13-25(14-11-24)21(28)29-23(5,6)7;1-18(2,3)14-9-10-15-16(13-14)21(12-11-20(15,7)8)17(22)23-19(4,5)6;1-17(2,3)14-10-9-13-8-7-11-19(15(13)12-14)16(20)21-18(4,5)6;1-11(18)17-10-16(7-8-16)13-6-5-12(9-14(13)17)15(2,3)4;1-14(2,3)11-6-7-12-13(10-11)16-9-8-15(12,4)5;1-10(16)15-8-7-11-5-6-12(9-13(11)15)14(2,3)4;1-13(2,3)11-7-6-10-5-4-8-14-12(10)9-11/h8-9,16H,10-15H2,1-7H3;9-10,13H,11-12H2,1-8H3;9-10,12H,7-8,11H2,1-6H3;5-6,9H,7-8,10H2,1-4H3;6-7,10,16H,8-9H2,1-5H3;5-6,9H,7-8H2,1-4H3;6-7,9,14H,4-5,8H2,1-3H3. The fourth-order valence-electron chi connectivity index (χ4n) is 19.5. The van der Waals surface area contributed by atoms with Gasteiger partial charge in [0.2, 0.25) is 17.7 Å². The number of aryl methyl sites for hydroxylation is 2. The van der Waals surface area contributed by atoms with Crippen molar-refractivity contribution >= 4 is 75.8 Å². The van der Waals surface area contributed by atoms with Crippen LogP contribution in [0.4, 0.5) is 54.2 Å². The first-order valence-electron chi connectivity index (χ1n) is 51.1. The minimum atomic E-state index is -0.480. The molecule has 7 aromatic rings. The Morgan fingerprint density at radius 3 is 1.04 bits per heavy atom. The zero-order valence-electron chi connectivity index (χ0n) is 91.8. The van der Waals surface area contributed by atoms with E-state index in [-0.39, 0.29) is 84.7 Å². The third-order valence-electron chi connectivity index (χ3n) is 28.7. The monoisotopic (exact) mass is 1870 g/mol. The van der Waals surface area contributed by atoms with Gasteiger partial charge in [-0.25, -0.2) is 14.4 Å². The molecule has 1 aliphatic carbocycles. The van der Waals surface area contributed by atoms with Gasteiger partial charge in [0.05, 0.1) is 11.4 Å². The lowest BCUT2D eigenvalue weighted by Gasteiger charge is -2.48. The van der Waals surface area contributed by atoms with Gasteiger partial charge in [0.25, 0.3) is 0 Å². The van der Waals surface area contributed by atoms with E-state index in [2.05, 4.69) is 311 Å². The van der Waals surface area contributed by atoms with Crippen LogP contribution in [0.5, 0.6) is 0 Å². The van der Waals surface area contributed by atoms with Gasteiger partial charge in [-0.1, -0.05) is 258 Å². The summed E-state index contributed by atoms with van der Waals surface area (Å²) in [4.78, 5) is 84.4. The van der Waals surface area contributed by atoms with Crippen LogP contribution in [0.1, 0.15) is 392 Å². The SMILES string of the molecule is CC(=O)N1CC2(CC2)c2ccc(C(C)(C)C)cc21.CC(=O)N1CCC2(CCN(C(=O)OC(C)(C)C)CC2)c2ccc(C(C)(C)C)cc21.CC(=O)N1CCc2ccc(C(C)(C)C)cc21.CC(C)(C)OC(=O)N1CCC(C)(C)c2ccc(C(C)(C)C)cc21.CC(C)(C)OC(=O)N1CCCc2ccc(C(C)(C)C)cc21.CC(C)(C)c1ccc2c(c1)NCCC2.CC(C)(C)c1ccc2c(c1)NCCC2(C)C. The summed E-state index contributed by atoms with van der Waals surface area (Å²) in [7, 11) is 0. The van der Waals surface area contributed by atoms with Crippen molar-refractivity contribution < 1.29 is 43.0 Å². The smallest absolute Gasteiger partial charge is 0.414 e. The van der Waals surface area contributed by atoms with Gasteiger partial charge in [0, 0.05) is 119 Å². The summed E-state index contributed by atoms with van der Waals surface area (Å²) >= 11 is 0. The Morgan fingerprint density at radius 2 is 0.599 bits per heavy atom. The van der Waals surface area contributed by atoms with Crippen molar-refractivity contribution in [3.63, 3.8) is 0 Å². The third kappa shape index (κ3) is 27.8. The molecule has 8 aliphatic heterocycles. The maximum Gasteiger partial charge on any atom is 0.414 e. The molecular weight excluding hydrogens is 1700 g/mol. The molecule has 0 radical (unpaired) electrons. The van der Waals surface area contributed by atoms with E-state index in [1.165, 1.54) is 121 Å². The number of benzene rings is 7. The number of rotatable bonds is 0. The van der Waals surface area contributed by atoms with Crippen molar-refractivity contribution in [3.8, 4) is 0 Å². The first-order chi connectivity index (χ1) is 62.8. The predicted molar refractivity (Wildman–Crippen MR) is 574 cm³/mol. The van der Waals surface area contributed by atoms with E-state index in [4.69, 9.17) is 14.2 Å². The first-order valence-corrected chi connectivity index (χ1v) is 51.1. The molecule has 0 unspecified atom stereocenters. The number of carbonyl (C=O) groups excluding carboxylic acids is 6. The minimum Gasteiger partial charge on any atom is -0.444 e. The second-order valence-corrected chi connectivity index (χ2v) is 51.8. The molecule has 0 atom stereocenters. The highest BCUT2D eigenvalue weighted by molar-refractivity contribution is 5.97. The van der Waals surface area contributed by atoms with Crippen molar-refractivity contribution in [3.05, 3.63) is 205 Å². The Hall–Kier alpha value is -9.64. The maximum absolute atomic E-state index is 12.7. The minimum absolute atomic E-state index is 0.0240. The molecule has 16 rings (SSSR count). The molecule has 9 aliphatic rings. The number of piperidine rings is 1. The molecule has 1 saturated carbocycles. The van der Waals surface area contributed by atoms with Gasteiger partial charge >= 0.3 is 18.3 Å². The van der Waals surface area contributed by atoms with Crippen LogP contribution in [0.15, 0.2) is 127 Å². The molecule has 2 spiro atoms. The number of likely N-dealkylation sites (tertiary alicyclic amines) is 1. The number of nitrogens with one attached hydrogen (secondary N) is 2. The van der Waals surface area contributed by atoms with Gasteiger partial charge < -0.3 is 44.4 Å². The molecule has 8 heterocycles. The van der Waals surface area contributed by atoms with E-state index < -0.39 is 16.8 Å². The zero-order valence-corrected chi connectivity index (χ0v) is 91.8. The molecule has 1 saturated heterocycles. The average Bonchev–Trinajstić information content (AvgIpc) is 1.64. The second kappa shape index (κ2) is 40.9. The van der Waals surface area contributed by atoms with Crippen LogP contribution in [0.25, 0.3) is 0 Å². The Labute approximate surface area is 827 Å². The molecule has 6 amide bonds. The topological polar surface area (TPSA) is 174 Å². The summed E-state index contributed by atoms with van der Waals surface area (Å²) < 4.78 is 16.7. The van der Waals surface area contributed by atoms with Crippen LogP contribution >= 0.6 is 0 Å². The number of anilines is 7. The summed E-state index contributed by atoms with van der Waals surface area (Å²) in [5, 5.41) is 7.01. The highest BCUT2D eigenvalue weighted by Gasteiger charge is 2.53. The van der Waals surface area contributed by atoms with Gasteiger partial charge in [0.1, 0.15) is 16.8 Å². The maximum atomic E-state index is 12.7. The number of hydrogen-bond donors (Lipinski definition) is 2. The lowest BCUT2D eigenvalue weighted by atomic mass is 9.67. The number of hydrogen-bond acceptors (Lipinski definition) is 11. The van der Waals surface area contributed by atoms with Crippen molar-refractivity contribution in [2.24, 2.45) is 0 Å². The first kappa shape index (κ1) is 109. The molecule has 0 bridgehead atoms. The molecular formula is C120H176N8O9. The molecule has 0 aromatic heterocycles. The molecule has 750 valence electrons. The van der Waals surface area contributed by atoms with E-state index in [1.54, 1.807) is 30.6 Å². The highest BCUT2D eigenvalue weighted by atomic mass is 16.6. The quantitative estimate of drug-likeness (QED) is 0.138. The molecule has 7 aromatic carbocycles. The van der Waals surface area contributed by atoms with Gasteiger partial charge in [-0.2, -0.15) is 0 Å². The van der Waals surface area contributed by atoms with E-state index in [9.17, 15) is 28.8 Å². The molecule has 17 heteroatoms. The summed E-state index contributed by atoms with van der Waals surface area (Å²) in [6.45, 7) is 85.3. The van der Waals surface area contributed by atoms with E-state index in [1.807, 2.05) is 81.9 Å². The fourth-order valence-corrected chi connectivity index (χ4v) is 19.5. The molecule has 2 N–H and O–H groups in total. The normalized spacial score (nSPS) is 17.6. The molecule has 137 heavy (non-hydrogen) atoms. The van der Waals surface area contributed by atoms with Crippen LogP contribution in [-0.2, 0) is 107 Å². The molecule has 17 nitrogen and oxygen atoms in total. The summed E-state index contributed by atoms with van der Waals surface area (Å²) in [6.07, 6.45) is 12.1. The van der Waals surface area contributed by atoms with Crippen LogP contribution in [-0.4, -0.2) is 117 Å². The highest BCUT2D eigenvalue weighted by Crippen LogP contribution is 2.58. The number of amides is 6. The zero-order chi connectivity index (χ0) is 102. The van der Waals surface area contributed by atoms with E-state index >= 15 is 0 Å². The van der Waals surface area contributed by atoms with Crippen LogP contribution in [0, 0.1) is 0 Å². The largest absolute Gasteiger partial charge is 0.444 e. The van der Waals surface area contributed by atoms with Gasteiger partial charge in [-0.05, 0) is 308 Å². The van der Waals surface area contributed by atoms with E-state index in [0.29, 0.717) is 30.5 Å². The van der Waals surface area contributed by atoms with Crippen molar-refractivity contribution in [1.82, 2.24) is 4.90 Å². The van der Waals surface area contributed by atoms with Gasteiger partial charge in [-0.15, -0.1) is 0 Å². The van der Waals surface area contributed by atoms with Crippen LogP contribution < -0.4 is 35.1 Å². The van der Waals surface area contributed by atoms with Crippen molar-refractivity contribution in [2.45, 2.75) is 410 Å². The average molecular weight is 1870 g/mol. The van der Waals surface area contributed by atoms with Crippen LogP contribution in [0.3, 0.4) is 0 Å². The number of nitrogens with zero attached hydrogens (tertiary/aromatic N) is 6. The predicted octanol–water partition coefficient (Wildman–Crippen LogP) is 28.8. The fraction of sp³-hybridized carbons (Fsp3) is 0.600. The Bertz CT molecular complexity index is 5490. The van der Waals surface area contributed by atoms with E-state index in [0.717, 1.165) is 113 Å². The number of fused-ring (bicyclic) bond motifs is 9. The summed E-state index contributed by atoms with van der Waals surface area (Å²) in [5.74, 6) is 0.411.